The number of hydrogen-bond acceptors (Lipinski definition) is 1. The fraction of sp³-hybridized carbons (Fsp3) is 0.538. The van der Waals surface area contributed by atoms with E-state index in [1.54, 1.807) is 0 Å². The first-order valence-electron chi connectivity index (χ1n) is 5.98. The summed E-state index contributed by atoms with van der Waals surface area (Å²) in [4.78, 5) is 0. The molecule has 0 aliphatic heterocycles. The number of halogens is 4. The van der Waals surface area contributed by atoms with E-state index in [4.69, 9.17) is 5.73 Å². The summed E-state index contributed by atoms with van der Waals surface area (Å²) in [6, 6.07) is 3.26. The van der Waals surface area contributed by atoms with E-state index in [1.807, 2.05) is 0 Å². The molecule has 2 N–H and O–H groups in total. The summed E-state index contributed by atoms with van der Waals surface area (Å²) in [7, 11) is 0. The molecule has 5 heteroatoms. The Hall–Kier alpha value is -0.550. The molecule has 0 aliphatic carbocycles. The van der Waals surface area contributed by atoms with Gasteiger partial charge in [-0.25, -0.2) is 0 Å². The van der Waals surface area contributed by atoms with Crippen LogP contribution in [-0.4, -0.2) is 0 Å². The molecule has 0 amide bonds. The van der Waals surface area contributed by atoms with E-state index in [9.17, 15) is 13.2 Å². The number of hydrogen-bond donors (Lipinski definition) is 1. The SMILES string of the molecule is CCCCC[C@@H](N)c1cc(C(F)(F)F)ccc1Br. The second kappa shape index (κ2) is 6.57. The highest BCUT2D eigenvalue weighted by molar-refractivity contribution is 9.10. The van der Waals surface area contributed by atoms with Crippen LogP contribution in [0.4, 0.5) is 13.2 Å². The largest absolute Gasteiger partial charge is 0.416 e. The number of unbranched alkanes of at least 4 members (excludes halogenated alkanes) is 2. The quantitative estimate of drug-likeness (QED) is 0.754. The summed E-state index contributed by atoms with van der Waals surface area (Å²) < 4.78 is 38.5. The minimum absolute atomic E-state index is 0.353. The molecule has 0 saturated heterocycles. The van der Waals surface area contributed by atoms with Crippen LogP contribution in [0, 0.1) is 0 Å². The van der Waals surface area contributed by atoms with Gasteiger partial charge in [0.25, 0.3) is 0 Å². The lowest BCUT2D eigenvalue weighted by atomic mass is 9.99. The molecule has 0 fully saturated rings. The molecule has 1 nitrogen and oxygen atoms in total. The number of nitrogens with two attached hydrogens (primary N) is 1. The van der Waals surface area contributed by atoms with Crippen LogP contribution >= 0.6 is 15.9 Å². The Morgan fingerprint density at radius 1 is 1.28 bits per heavy atom. The Bertz CT molecular complexity index is 390. The van der Waals surface area contributed by atoms with Gasteiger partial charge in [0.1, 0.15) is 0 Å². The summed E-state index contributed by atoms with van der Waals surface area (Å²) >= 11 is 3.26. The lowest BCUT2D eigenvalue weighted by Gasteiger charge is -2.16. The highest BCUT2D eigenvalue weighted by Gasteiger charge is 2.31. The molecule has 18 heavy (non-hydrogen) atoms. The van der Waals surface area contributed by atoms with E-state index in [1.165, 1.54) is 6.07 Å². The third-order valence-corrected chi connectivity index (χ3v) is 3.56. The molecule has 0 heterocycles. The Labute approximate surface area is 114 Å². The van der Waals surface area contributed by atoms with Gasteiger partial charge in [-0.3, -0.25) is 0 Å². The molecular formula is C13H17BrF3N. The number of benzene rings is 1. The van der Waals surface area contributed by atoms with E-state index in [-0.39, 0.29) is 6.04 Å². The Morgan fingerprint density at radius 3 is 2.50 bits per heavy atom. The molecular weight excluding hydrogens is 307 g/mol. The summed E-state index contributed by atoms with van der Waals surface area (Å²) in [6.07, 6.45) is -0.576. The van der Waals surface area contributed by atoms with Crippen LogP contribution < -0.4 is 5.73 Å². The van der Waals surface area contributed by atoms with Crippen LogP contribution in [0.15, 0.2) is 22.7 Å². The van der Waals surface area contributed by atoms with Gasteiger partial charge in [-0.15, -0.1) is 0 Å². The van der Waals surface area contributed by atoms with Crippen LogP contribution in [0.5, 0.6) is 0 Å². The molecule has 0 aromatic heterocycles. The first kappa shape index (κ1) is 15.5. The fourth-order valence-corrected chi connectivity index (χ4v) is 2.31. The zero-order valence-corrected chi connectivity index (χ0v) is 11.8. The molecule has 0 unspecified atom stereocenters. The maximum absolute atomic E-state index is 12.6. The minimum Gasteiger partial charge on any atom is -0.324 e. The molecule has 0 radical (unpaired) electrons. The van der Waals surface area contributed by atoms with Gasteiger partial charge in [0, 0.05) is 10.5 Å². The predicted octanol–water partition coefficient (Wildman–Crippen LogP) is 5.05. The highest BCUT2D eigenvalue weighted by Crippen LogP contribution is 2.34. The first-order valence-corrected chi connectivity index (χ1v) is 6.77. The van der Waals surface area contributed by atoms with Crippen LogP contribution in [0.25, 0.3) is 0 Å². The van der Waals surface area contributed by atoms with Crippen molar-refractivity contribution in [1.82, 2.24) is 0 Å². The molecule has 102 valence electrons. The average Bonchev–Trinajstić information content (AvgIpc) is 2.28. The van der Waals surface area contributed by atoms with Crippen LogP contribution in [0.1, 0.15) is 49.8 Å². The number of alkyl halides is 3. The molecule has 1 aromatic carbocycles. The monoisotopic (exact) mass is 323 g/mol. The maximum atomic E-state index is 12.6. The lowest BCUT2D eigenvalue weighted by molar-refractivity contribution is -0.137. The molecule has 1 aromatic rings. The second-order valence-electron chi connectivity index (χ2n) is 4.34. The van der Waals surface area contributed by atoms with E-state index >= 15 is 0 Å². The van der Waals surface area contributed by atoms with E-state index < -0.39 is 11.7 Å². The first-order chi connectivity index (χ1) is 8.36. The van der Waals surface area contributed by atoms with E-state index in [0.29, 0.717) is 16.5 Å². The van der Waals surface area contributed by atoms with Crippen LogP contribution in [0.3, 0.4) is 0 Å². The fourth-order valence-electron chi connectivity index (χ4n) is 1.77. The average molecular weight is 324 g/mol. The molecule has 0 aliphatic rings. The van der Waals surface area contributed by atoms with Crippen molar-refractivity contribution < 1.29 is 13.2 Å². The van der Waals surface area contributed by atoms with Gasteiger partial charge in [0.2, 0.25) is 0 Å². The summed E-state index contributed by atoms with van der Waals surface area (Å²) in [6.45, 7) is 2.08. The van der Waals surface area contributed by atoms with Gasteiger partial charge in [-0.05, 0) is 30.2 Å². The zero-order valence-electron chi connectivity index (χ0n) is 10.2. The van der Waals surface area contributed by atoms with Crippen LogP contribution in [-0.2, 0) is 6.18 Å². The summed E-state index contributed by atoms with van der Waals surface area (Å²) in [5.41, 5.74) is 5.83. The topological polar surface area (TPSA) is 26.0 Å². The van der Waals surface area contributed by atoms with Crippen molar-refractivity contribution in [2.45, 2.75) is 44.8 Å². The Balaban J connectivity index is 2.86. The van der Waals surface area contributed by atoms with Gasteiger partial charge in [0.05, 0.1) is 5.56 Å². The van der Waals surface area contributed by atoms with Gasteiger partial charge in [-0.2, -0.15) is 13.2 Å². The van der Waals surface area contributed by atoms with Crippen molar-refractivity contribution in [3.8, 4) is 0 Å². The zero-order chi connectivity index (χ0) is 13.8. The van der Waals surface area contributed by atoms with Crippen molar-refractivity contribution in [2.75, 3.05) is 0 Å². The minimum atomic E-state index is -4.32. The molecule has 0 bridgehead atoms. The normalized spacial score (nSPS) is 13.7. The number of rotatable bonds is 5. The van der Waals surface area contributed by atoms with Crippen molar-refractivity contribution in [3.63, 3.8) is 0 Å². The Kier molecular flexibility index (Phi) is 5.66. The smallest absolute Gasteiger partial charge is 0.324 e. The van der Waals surface area contributed by atoms with Crippen molar-refractivity contribution in [2.24, 2.45) is 5.73 Å². The third-order valence-electron chi connectivity index (χ3n) is 2.84. The van der Waals surface area contributed by atoms with Gasteiger partial charge in [-0.1, -0.05) is 42.1 Å². The molecule has 0 saturated carbocycles. The van der Waals surface area contributed by atoms with E-state index in [0.717, 1.165) is 31.4 Å². The molecule has 1 rings (SSSR count). The maximum Gasteiger partial charge on any atom is 0.416 e. The standard InChI is InChI=1S/C13H17BrF3N/c1-2-3-4-5-12(18)10-8-9(13(15,16)17)6-7-11(10)14/h6-8,12H,2-5,18H2,1H3/t12-/m1/s1. The predicted molar refractivity (Wildman–Crippen MR) is 70.2 cm³/mol. The molecule has 1 atom stereocenters. The van der Waals surface area contributed by atoms with Gasteiger partial charge < -0.3 is 5.73 Å². The van der Waals surface area contributed by atoms with E-state index in [2.05, 4.69) is 22.9 Å². The summed E-state index contributed by atoms with van der Waals surface area (Å²) in [5.74, 6) is 0. The lowest BCUT2D eigenvalue weighted by Crippen LogP contribution is -2.13. The second-order valence-corrected chi connectivity index (χ2v) is 5.19. The van der Waals surface area contributed by atoms with Crippen molar-refractivity contribution >= 4 is 15.9 Å². The molecule has 0 spiro atoms. The van der Waals surface area contributed by atoms with Gasteiger partial charge >= 0.3 is 6.18 Å². The van der Waals surface area contributed by atoms with Crippen LogP contribution in [0.2, 0.25) is 0 Å². The third kappa shape index (κ3) is 4.28. The van der Waals surface area contributed by atoms with Gasteiger partial charge in [0.15, 0.2) is 0 Å². The highest BCUT2D eigenvalue weighted by atomic mass is 79.9. The van der Waals surface area contributed by atoms with Crippen molar-refractivity contribution in [3.05, 3.63) is 33.8 Å². The van der Waals surface area contributed by atoms with Crippen molar-refractivity contribution in [1.29, 1.82) is 0 Å². The Morgan fingerprint density at radius 2 is 1.94 bits per heavy atom. The summed E-state index contributed by atoms with van der Waals surface area (Å²) in [5, 5.41) is 0.